The third-order valence-corrected chi connectivity index (χ3v) is 2.98. The second kappa shape index (κ2) is 5.16. The zero-order valence-corrected chi connectivity index (χ0v) is 11.4. The molecular weight excluding hydrogens is 230 g/mol. The molecule has 1 saturated heterocycles. The Balaban J connectivity index is 2.04. The van der Waals surface area contributed by atoms with Gasteiger partial charge in [0.25, 0.3) is 0 Å². The predicted octanol–water partition coefficient (Wildman–Crippen LogP) is 2.57. The zero-order valence-electron chi connectivity index (χ0n) is 11.4. The van der Waals surface area contributed by atoms with Gasteiger partial charge >= 0.3 is 0 Å². The number of hydrogen-bond acceptors (Lipinski definition) is 4. The van der Waals surface area contributed by atoms with Gasteiger partial charge in [-0.3, -0.25) is 0 Å². The van der Waals surface area contributed by atoms with E-state index in [4.69, 9.17) is 14.2 Å². The average Bonchev–Trinajstić information content (AvgIpc) is 2.32. The predicted molar refractivity (Wildman–Crippen MR) is 71.1 cm³/mol. The summed E-state index contributed by atoms with van der Waals surface area (Å²) in [7, 11) is 1.67. The molecule has 1 aromatic rings. The van der Waals surface area contributed by atoms with Crippen LogP contribution in [0.15, 0.2) is 18.2 Å². The molecule has 4 nitrogen and oxygen atoms in total. The zero-order chi connectivity index (χ0) is 13.2. The van der Waals surface area contributed by atoms with Crippen LogP contribution in [0.5, 0.6) is 5.75 Å². The van der Waals surface area contributed by atoms with Gasteiger partial charge in [0.05, 0.1) is 32.1 Å². The first kappa shape index (κ1) is 13.2. The number of ether oxygens (including phenoxy) is 3. The van der Waals surface area contributed by atoms with Gasteiger partial charge in [-0.05, 0) is 38.5 Å². The van der Waals surface area contributed by atoms with Crippen molar-refractivity contribution in [2.24, 2.45) is 0 Å². The van der Waals surface area contributed by atoms with E-state index in [2.05, 4.69) is 18.3 Å². The smallest absolute Gasteiger partial charge is 0.162 e. The number of rotatable bonds is 3. The van der Waals surface area contributed by atoms with Crippen LogP contribution in [0.25, 0.3) is 0 Å². The van der Waals surface area contributed by atoms with Gasteiger partial charge in [0.1, 0.15) is 5.75 Å². The van der Waals surface area contributed by atoms with E-state index < -0.39 is 5.79 Å². The molecule has 100 valence electrons. The van der Waals surface area contributed by atoms with Gasteiger partial charge in [-0.1, -0.05) is 6.07 Å². The molecular formula is C14H21NO3. The fraction of sp³-hybridized carbons (Fsp3) is 0.571. The van der Waals surface area contributed by atoms with Crippen LogP contribution >= 0.6 is 0 Å². The van der Waals surface area contributed by atoms with Crippen molar-refractivity contribution in [3.63, 3.8) is 0 Å². The number of methoxy groups -OCH3 is 1. The minimum atomic E-state index is -0.477. The van der Waals surface area contributed by atoms with E-state index >= 15 is 0 Å². The van der Waals surface area contributed by atoms with E-state index in [0.717, 1.165) is 11.4 Å². The topological polar surface area (TPSA) is 39.7 Å². The Bertz CT molecular complexity index is 408. The molecule has 0 amide bonds. The Labute approximate surface area is 108 Å². The lowest BCUT2D eigenvalue weighted by atomic mass is 10.2. The van der Waals surface area contributed by atoms with Crippen molar-refractivity contribution in [1.82, 2.24) is 0 Å². The summed E-state index contributed by atoms with van der Waals surface area (Å²) in [5.41, 5.74) is 2.17. The monoisotopic (exact) mass is 251 g/mol. The summed E-state index contributed by atoms with van der Waals surface area (Å²) in [6, 6.07) is 6.21. The summed E-state index contributed by atoms with van der Waals surface area (Å²) in [4.78, 5) is 0. The largest absolute Gasteiger partial charge is 0.495 e. The molecule has 0 aliphatic carbocycles. The lowest BCUT2D eigenvalue weighted by Gasteiger charge is -2.35. The normalized spacial score (nSPS) is 19.6. The number of nitrogens with one attached hydrogen (secondary N) is 1. The second-order valence-electron chi connectivity index (χ2n) is 5.07. The highest BCUT2D eigenvalue weighted by molar-refractivity contribution is 5.58. The van der Waals surface area contributed by atoms with Gasteiger partial charge in [0.15, 0.2) is 5.79 Å². The van der Waals surface area contributed by atoms with Gasteiger partial charge in [-0.25, -0.2) is 0 Å². The van der Waals surface area contributed by atoms with Crippen LogP contribution in [0.3, 0.4) is 0 Å². The number of anilines is 1. The molecule has 0 atom stereocenters. The van der Waals surface area contributed by atoms with E-state index in [0.29, 0.717) is 13.2 Å². The van der Waals surface area contributed by atoms with Gasteiger partial charge < -0.3 is 19.5 Å². The number of benzene rings is 1. The van der Waals surface area contributed by atoms with E-state index in [1.165, 1.54) is 5.56 Å². The van der Waals surface area contributed by atoms with Crippen molar-refractivity contribution in [1.29, 1.82) is 0 Å². The van der Waals surface area contributed by atoms with Crippen molar-refractivity contribution in [3.8, 4) is 5.75 Å². The van der Waals surface area contributed by atoms with Crippen LogP contribution in [0.4, 0.5) is 5.69 Å². The van der Waals surface area contributed by atoms with E-state index in [1.54, 1.807) is 7.11 Å². The molecule has 0 saturated carbocycles. The van der Waals surface area contributed by atoms with Crippen LogP contribution in [0.1, 0.15) is 19.4 Å². The van der Waals surface area contributed by atoms with Crippen LogP contribution in [-0.2, 0) is 9.47 Å². The maximum Gasteiger partial charge on any atom is 0.162 e. The Kier molecular flexibility index (Phi) is 3.78. The summed E-state index contributed by atoms with van der Waals surface area (Å²) < 4.78 is 16.6. The summed E-state index contributed by atoms with van der Waals surface area (Å²) in [5.74, 6) is 0.361. The molecule has 2 rings (SSSR count). The van der Waals surface area contributed by atoms with Crippen LogP contribution in [-0.4, -0.2) is 32.2 Å². The lowest BCUT2D eigenvalue weighted by molar-refractivity contribution is -0.247. The Morgan fingerprint density at radius 1 is 1.28 bits per heavy atom. The van der Waals surface area contributed by atoms with Crippen LogP contribution in [0.2, 0.25) is 0 Å². The third-order valence-electron chi connectivity index (χ3n) is 2.98. The summed E-state index contributed by atoms with van der Waals surface area (Å²) in [5, 5.41) is 3.40. The first-order chi connectivity index (χ1) is 8.50. The average molecular weight is 251 g/mol. The standard InChI is InChI=1S/C14H21NO3/c1-10-5-6-13(16-4)12(7-10)15-11-8-17-14(2,3)18-9-11/h5-7,11,15H,8-9H2,1-4H3. The molecule has 0 bridgehead atoms. The molecule has 1 N–H and O–H groups in total. The van der Waals surface area contributed by atoms with Gasteiger partial charge in [0.2, 0.25) is 0 Å². The van der Waals surface area contributed by atoms with Crippen molar-refractivity contribution in [3.05, 3.63) is 23.8 Å². The summed E-state index contributed by atoms with van der Waals surface area (Å²) >= 11 is 0. The molecule has 4 heteroatoms. The first-order valence-corrected chi connectivity index (χ1v) is 6.19. The van der Waals surface area contributed by atoms with Gasteiger partial charge in [-0.15, -0.1) is 0 Å². The molecule has 1 aromatic carbocycles. The number of aryl methyl sites for hydroxylation is 1. The fourth-order valence-electron chi connectivity index (χ4n) is 1.93. The van der Waals surface area contributed by atoms with Crippen molar-refractivity contribution < 1.29 is 14.2 Å². The third kappa shape index (κ3) is 3.15. The van der Waals surface area contributed by atoms with E-state index in [-0.39, 0.29) is 6.04 Å². The van der Waals surface area contributed by atoms with E-state index in [9.17, 15) is 0 Å². The fourth-order valence-corrected chi connectivity index (χ4v) is 1.93. The molecule has 1 aliphatic heterocycles. The molecule has 0 spiro atoms. The molecule has 0 aromatic heterocycles. The van der Waals surface area contributed by atoms with Gasteiger partial charge in [-0.2, -0.15) is 0 Å². The molecule has 0 radical (unpaired) electrons. The summed E-state index contributed by atoms with van der Waals surface area (Å²) in [6.45, 7) is 7.17. The molecule has 0 unspecified atom stereocenters. The second-order valence-corrected chi connectivity index (χ2v) is 5.07. The van der Waals surface area contributed by atoms with Crippen LogP contribution < -0.4 is 10.1 Å². The molecule has 1 aliphatic rings. The Morgan fingerprint density at radius 2 is 1.94 bits per heavy atom. The Morgan fingerprint density at radius 3 is 2.56 bits per heavy atom. The maximum absolute atomic E-state index is 5.63. The SMILES string of the molecule is COc1ccc(C)cc1NC1COC(C)(C)OC1. The maximum atomic E-state index is 5.63. The van der Waals surface area contributed by atoms with Gasteiger partial charge in [0, 0.05) is 0 Å². The van der Waals surface area contributed by atoms with Crippen molar-refractivity contribution >= 4 is 5.69 Å². The van der Waals surface area contributed by atoms with Crippen molar-refractivity contribution in [2.75, 3.05) is 25.6 Å². The minimum absolute atomic E-state index is 0.147. The molecule has 18 heavy (non-hydrogen) atoms. The Hall–Kier alpha value is -1.26. The summed E-state index contributed by atoms with van der Waals surface area (Å²) in [6.07, 6.45) is 0. The lowest BCUT2D eigenvalue weighted by Crippen LogP contribution is -2.45. The minimum Gasteiger partial charge on any atom is -0.495 e. The van der Waals surface area contributed by atoms with E-state index in [1.807, 2.05) is 26.0 Å². The highest BCUT2D eigenvalue weighted by Gasteiger charge is 2.28. The highest BCUT2D eigenvalue weighted by Crippen LogP contribution is 2.27. The van der Waals surface area contributed by atoms with Crippen molar-refractivity contribution in [2.45, 2.75) is 32.6 Å². The van der Waals surface area contributed by atoms with Crippen LogP contribution in [0, 0.1) is 6.92 Å². The quantitative estimate of drug-likeness (QED) is 0.896. The number of hydrogen-bond donors (Lipinski definition) is 1. The highest BCUT2D eigenvalue weighted by atomic mass is 16.7. The molecule has 1 fully saturated rings. The first-order valence-electron chi connectivity index (χ1n) is 6.19. The molecule has 1 heterocycles.